The highest BCUT2D eigenvalue weighted by Gasteiger charge is 2.25. The van der Waals surface area contributed by atoms with Gasteiger partial charge in [-0.25, -0.2) is 0 Å². The van der Waals surface area contributed by atoms with E-state index in [9.17, 15) is 9.90 Å². The lowest BCUT2D eigenvalue weighted by Crippen LogP contribution is -2.44. The van der Waals surface area contributed by atoms with Gasteiger partial charge in [0, 0.05) is 37.6 Å². The molecule has 2 aromatic rings. The third kappa shape index (κ3) is 4.66. The second-order valence-corrected chi connectivity index (χ2v) is 6.47. The fraction of sp³-hybridized carbons (Fsp3) is 0.526. The Morgan fingerprint density at radius 1 is 1.24 bits per heavy atom. The molecule has 1 amide bonds. The van der Waals surface area contributed by atoms with Crippen molar-refractivity contribution in [1.82, 2.24) is 15.1 Å². The predicted molar refractivity (Wildman–Crippen MR) is 93.7 cm³/mol. The van der Waals surface area contributed by atoms with Crippen molar-refractivity contribution in [3.63, 3.8) is 0 Å². The second kappa shape index (κ2) is 8.76. The molecule has 1 aromatic carbocycles. The van der Waals surface area contributed by atoms with Crippen LogP contribution in [0.15, 0.2) is 34.7 Å². The average Bonchev–Trinajstić information content (AvgIpc) is 3.12. The number of rotatable bonds is 7. The quantitative estimate of drug-likeness (QED) is 0.836. The van der Waals surface area contributed by atoms with Crippen LogP contribution in [0.2, 0.25) is 0 Å². The van der Waals surface area contributed by atoms with Crippen molar-refractivity contribution in [2.45, 2.75) is 51.0 Å². The van der Waals surface area contributed by atoms with Crippen LogP contribution in [0, 0.1) is 0 Å². The van der Waals surface area contributed by atoms with Gasteiger partial charge in [0.1, 0.15) is 0 Å². The Morgan fingerprint density at radius 3 is 2.88 bits per heavy atom. The van der Waals surface area contributed by atoms with Crippen LogP contribution in [0.25, 0.3) is 11.5 Å². The Labute approximate surface area is 147 Å². The number of aryl methyl sites for hydroxylation is 1. The molecule has 0 bridgehead atoms. The normalized spacial score (nSPS) is 17.6. The molecule has 0 aliphatic carbocycles. The first-order chi connectivity index (χ1) is 12.3. The molecule has 6 heteroatoms. The molecular formula is C19H25N3O3. The van der Waals surface area contributed by atoms with Gasteiger partial charge in [-0.3, -0.25) is 4.79 Å². The number of aliphatic hydroxyl groups is 1. The Kier molecular flexibility index (Phi) is 6.17. The maximum atomic E-state index is 12.5. The summed E-state index contributed by atoms with van der Waals surface area (Å²) in [6.45, 7) is 0.945. The maximum Gasteiger partial charge on any atom is 0.247 e. The van der Waals surface area contributed by atoms with Crippen molar-refractivity contribution < 1.29 is 14.3 Å². The molecule has 1 fully saturated rings. The highest BCUT2D eigenvalue weighted by atomic mass is 16.4. The first-order valence-corrected chi connectivity index (χ1v) is 9.06. The minimum atomic E-state index is 0.138. The molecule has 0 spiro atoms. The molecule has 3 rings (SSSR count). The molecule has 0 saturated carbocycles. The van der Waals surface area contributed by atoms with Crippen molar-refractivity contribution >= 4 is 5.91 Å². The molecule has 1 aromatic heterocycles. The Balaban J connectivity index is 1.49. The number of piperidine rings is 1. The van der Waals surface area contributed by atoms with E-state index in [1.807, 2.05) is 35.2 Å². The number of hydrogen-bond donors (Lipinski definition) is 1. The second-order valence-electron chi connectivity index (χ2n) is 6.47. The summed E-state index contributed by atoms with van der Waals surface area (Å²) in [6.07, 6.45) is 5.63. The summed E-state index contributed by atoms with van der Waals surface area (Å²) >= 11 is 0. The van der Waals surface area contributed by atoms with Crippen LogP contribution in [-0.2, 0) is 11.2 Å². The van der Waals surface area contributed by atoms with E-state index in [1.165, 1.54) is 0 Å². The minimum Gasteiger partial charge on any atom is -0.421 e. The molecule has 0 radical (unpaired) electrons. The molecule has 6 nitrogen and oxygen atoms in total. The number of benzene rings is 1. The van der Waals surface area contributed by atoms with E-state index < -0.39 is 0 Å². The van der Waals surface area contributed by atoms with Gasteiger partial charge >= 0.3 is 0 Å². The maximum absolute atomic E-state index is 12.5. The summed E-state index contributed by atoms with van der Waals surface area (Å²) in [5, 5.41) is 17.3. The van der Waals surface area contributed by atoms with Crippen LogP contribution < -0.4 is 0 Å². The zero-order valence-electron chi connectivity index (χ0n) is 14.4. The molecule has 1 aliphatic rings. The van der Waals surface area contributed by atoms with Gasteiger partial charge in [0.15, 0.2) is 0 Å². The Bertz CT molecular complexity index is 670. The highest BCUT2D eigenvalue weighted by molar-refractivity contribution is 5.76. The first kappa shape index (κ1) is 17.6. The lowest BCUT2D eigenvalue weighted by molar-refractivity contribution is -0.135. The van der Waals surface area contributed by atoms with Crippen molar-refractivity contribution in [2.24, 2.45) is 0 Å². The summed E-state index contributed by atoms with van der Waals surface area (Å²) in [7, 11) is 0. The smallest absolute Gasteiger partial charge is 0.247 e. The summed E-state index contributed by atoms with van der Waals surface area (Å²) in [6, 6.07) is 9.85. The number of nitrogens with zero attached hydrogens (tertiary/aromatic N) is 3. The van der Waals surface area contributed by atoms with Crippen LogP contribution >= 0.6 is 0 Å². The van der Waals surface area contributed by atoms with Crippen molar-refractivity contribution in [3.05, 3.63) is 36.2 Å². The number of carbonyl (C=O) groups is 1. The molecule has 134 valence electrons. The molecule has 1 saturated heterocycles. The van der Waals surface area contributed by atoms with E-state index in [0.29, 0.717) is 37.5 Å². The van der Waals surface area contributed by atoms with Gasteiger partial charge in [-0.05, 0) is 44.2 Å². The van der Waals surface area contributed by atoms with E-state index in [2.05, 4.69) is 10.2 Å². The number of carbonyl (C=O) groups excluding carboxylic acids is 1. The van der Waals surface area contributed by atoms with Crippen molar-refractivity contribution in [3.8, 4) is 11.5 Å². The lowest BCUT2D eigenvalue weighted by Gasteiger charge is -2.35. The zero-order chi connectivity index (χ0) is 17.5. The lowest BCUT2D eigenvalue weighted by atomic mass is 9.99. The van der Waals surface area contributed by atoms with Gasteiger partial charge in [0.2, 0.25) is 17.7 Å². The molecule has 1 unspecified atom stereocenters. The van der Waals surface area contributed by atoms with Gasteiger partial charge in [-0.1, -0.05) is 18.2 Å². The van der Waals surface area contributed by atoms with Gasteiger partial charge in [-0.2, -0.15) is 0 Å². The van der Waals surface area contributed by atoms with Crippen molar-refractivity contribution in [2.75, 3.05) is 13.2 Å². The zero-order valence-corrected chi connectivity index (χ0v) is 14.4. The van der Waals surface area contributed by atoms with Crippen molar-refractivity contribution in [1.29, 1.82) is 0 Å². The fourth-order valence-corrected chi connectivity index (χ4v) is 3.36. The third-order valence-electron chi connectivity index (χ3n) is 4.68. The van der Waals surface area contributed by atoms with Crippen LogP contribution in [0.4, 0.5) is 0 Å². The number of hydrogen-bond acceptors (Lipinski definition) is 5. The van der Waals surface area contributed by atoms with E-state index in [4.69, 9.17) is 4.42 Å². The Hall–Kier alpha value is -2.21. The number of aromatic nitrogens is 2. The van der Waals surface area contributed by atoms with E-state index >= 15 is 0 Å². The topological polar surface area (TPSA) is 79.5 Å². The summed E-state index contributed by atoms with van der Waals surface area (Å²) in [5.74, 6) is 1.25. The Morgan fingerprint density at radius 2 is 2.08 bits per heavy atom. The standard InChI is InChI=1S/C19H25N3O3/c23-14-12-16-9-4-5-13-22(16)18(24)11-6-10-17-20-21-19(25-17)15-7-2-1-3-8-15/h1-3,7-8,16,23H,4-6,9-14H2. The molecule has 2 heterocycles. The van der Waals surface area contributed by atoms with E-state index in [1.54, 1.807) is 0 Å². The number of likely N-dealkylation sites (tertiary alicyclic amines) is 1. The molecule has 1 N–H and O–H groups in total. The van der Waals surface area contributed by atoms with Crippen LogP contribution in [0.5, 0.6) is 0 Å². The number of amides is 1. The third-order valence-corrected chi connectivity index (χ3v) is 4.68. The summed E-state index contributed by atoms with van der Waals surface area (Å²) in [4.78, 5) is 14.4. The van der Waals surface area contributed by atoms with Gasteiger partial charge in [0.05, 0.1) is 0 Å². The predicted octanol–water partition coefficient (Wildman–Crippen LogP) is 2.82. The van der Waals surface area contributed by atoms with Crippen LogP contribution in [0.1, 0.15) is 44.4 Å². The largest absolute Gasteiger partial charge is 0.421 e. The van der Waals surface area contributed by atoms with E-state index in [0.717, 1.165) is 31.4 Å². The highest BCUT2D eigenvalue weighted by Crippen LogP contribution is 2.21. The minimum absolute atomic E-state index is 0.138. The number of aliphatic hydroxyl groups excluding tert-OH is 1. The average molecular weight is 343 g/mol. The van der Waals surface area contributed by atoms with E-state index in [-0.39, 0.29) is 18.6 Å². The fourth-order valence-electron chi connectivity index (χ4n) is 3.36. The summed E-state index contributed by atoms with van der Waals surface area (Å²) in [5.41, 5.74) is 0.900. The monoisotopic (exact) mass is 343 g/mol. The molecular weight excluding hydrogens is 318 g/mol. The van der Waals surface area contributed by atoms with Gasteiger partial charge < -0.3 is 14.4 Å². The summed E-state index contributed by atoms with van der Waals surface area (Å²) < 4.78 is 5.68. The first-order valence-electron chi connectivity index (χ1n) is 9.06. The molecule has 1 atom stereocenters. The van der Waals surface area contributed by atoms with Crippen LogP contribution in [0.3, 0.4) is 0 Å². The van der Waals surface area contributed by atoms with Crippen LogP contribution in [-0.4, -0.2) is 45.3 Å². The SMILES string of the molecule is O=C(CCCc1nnc(-c2ccccc2)o1)N1CCCCC1CCO. The molecule has 25 heavy (non-hydrogen) atoms. The van der Waals surface area contributed by atoms with Gasteiger partial charge in [-0.15, -0.1) is 10.2 Å². The van der Waals surface area contributed by atoms with Gasteiger partial charge in [0.25, 0.3) is 0 Å². The molecule has 1 aliphatic heterocycles.